The van der Waals surface area contributed by atoms with Gasteiger partial charge in [-0.3, -0.25) is 10.1 Å². The Balaban J connectivity index is 1.57. The number of carbonyl (C=O) groups is 1. The highest BCUT2D eigenvalue weighted by molar-refractivity contribution is 9.10. The molecule has 0 radical (unpaired) electrons. The molecule has 2 aromatic carbocycles. The second kappa shape index (κ2) is 7.95. The third kappa shape index (κ3) is 3.92. The molecule has 0 aliphatic heterocycles. The lowest BCUT2D eigenvalue weighted by Gasteiger charge is -2.00. The summed E-state index contributed by atoms with van der Waals surface area (Å²) in [6, 6.07) is 17.9. The van der Waals surface area contributed by atoms with E-state index in [9.17, 15) is 4.79 Å². The lowest BCUT2D eigenvalue weighted by atomic mass is 10.1. The van der Waals surface area contributed by atoms with Gasteiger partial charge in [0.05, 0.1) is 11.4 Å². The van der Waals surface area contributed by atoms with Crippen LogP contribution >= 0.6 is 38.6 Å². The molecule has 0 spiro atoms. The van der Waals surface area contributed by atoms with Gasteiger partial charge in [0.2, 0.25) is 0 Å². The predicted molar refractivity (Wildman–Crippen MR) is 120 cm³/mol. The minimum atomic E-state index is -0.173. The van der Waals surface area contributed by atoms with E-state index >= 15 is 0 Å². The Labute approximate surface area is 179 Å². The molecule has 1 N–H and O–H groups in total. The van der Waals surface area contributed by atoms with Gasteiger partial charge in [0.15, 0.2) is 5.13 Å². The molecule has 0 aliphatic rings. The zero-order valence-corrected chi connectivity index (χ0v) is 18.4. The molecule has 0 saturated carbocycles. The molecule has 0 aliphatic carbocycles. The van der Waals surface area contributed by atoms with Crippen LogP contribution in [0.3, 0.4) is 0 Å². The van der Waals surface area contributed by atoms with Gasteiger partial charge < -0.3 is 0 Å². The van der Waals surface area contributed by atoms with Crippen molar-refractivity contribution in [2.45, 2.75) is 13.8 Å². The number of hydrogen-bond acceptors (Lipinski definition) is 5. The van der Waals surface area contributed by atoms with Crippen LogP contribution in [0.15, 0.2) is 59.1 Å². The van der Waals surface area contributed by atoms with Crippen LogP contribution in [0.1, 0.15) is 20.2 Å². The third-order valence-corrected chi connectivity index (χ3v) is 6.78. The summed E-state index contributed by atoms with van der Waals surface area (Å²) in [6.07, 6.45) is 0. The zero-order chi connectivity index (χ0) is 19.7. The van der Waals surface area contributed by atoms with E-state index in [1.165, 1.54) is 22.7 Å². The maximum atomic E-state index is 12.8. The first-order valence-corrected chi connectivity index (χ1v) is 11.0. The van der Waals surface area contributed by atoms with Gasteiger partial charge in [0.25, 0.3) is 5.91 Å². The standard InChI is InChI=1S/C21H16BrN3OS2/c1-12-18(28-20(23-12)15-6-4-3-5-7-15)19(26)25-21-24-17(13(2)27-21)14-8-10-16(22)11-9-14/h3-11H,1-2H3,(H,24,25,26). The van der Waals surface area contributed by atoms with Crippen molar-refractivity contribution < 1.29 is 4.79 Å². The fourth-order valence-corrected chi connectivity index (χ4v) is 4.85. The molecule has 0 saturated heterocycles. The molecule has 4 rings (SSSR count). The normalized spacial score (nSPS) is 10.8. The van der Waals surface area contributed by atoms with E-state index in [2.05, 4.69) is 31.2 Å². The molecular weight excluding hydrogens is 454 g/mol. The molecule has 140 valence electrons. The monoisotopic (exact) mass is 469 g/mol. The van der Waals surface area contributed by atoms with Crippen molar-refractivity contribution in [2.75, 3.05) is 5.32 Å². The topological polar surface area (TPSA) is 54.9 Å². The fourth-order valence-electron chi connectivity index (χ4n) is 2.79. The van der Waals surface area contributed by atoms with Gasteiger partial charge in [-0.1, -0.05) is 58.4 Å². The van der Waals surface area contributed by atoms with Crippen LogP contribution in [-0.4, -0.2) is 15.9 Å². The van der Waals surface area contributed by atoms with E-state index in [-0.39, 0.29) is 5.91 Å². The lowest BCUT2D eigenvalue weighted by molar-refractivity contribution is 0.103. The number of nitrogens with one attached hydrogen (secondary N) is 1. The molecule has 0 unspecified atom stereocenters. The molecule has 4 nitrogen and oxygen atoms in total. The maximum Gasteiger partial charge on any atom is 0.269 e. The second-order valence-electron chi connectivity index (χ2n) is 6.18. The van der Waals surface area contributed by atoms with Gasteiger partial charge >= 0.3 is 0 Å². The van der Waals surface area contributed by atoms with E-state index in [4.69, 9.17) is 0 Å². The van der Waals surface area contributed by atoms with Gasteiger partial charge in [-0.15, -0.1) is 22.7 Å². The van der Waals surface area contributed by atoms with Crippen molar-refractivity contribution >= 4 is 49.6 Å². The summed E-state index contributed by atoms with van der Waals surface area (Å²) in [5.74, 6) is -0.173. The number of hydrogen-bond donors (Lipinski definition) is 1. The predicted octanol–water partition coefficient (Wildman–Crippen LogP) is 6.57. The summed E-state index contributed by atoms with van der Waals surface area (Å²) in [4.78, 5) is 23.7. The number of benzene rings is 2. The molecule has 28 heavy (non-hydrogen) atoms. The van der Waals surface area contributed by atoms with E-state index in [1.54, 1.807) is 0 Å². The summed E-state index contributed by atoms with van der Waals surface area (Å²) >= 11 is 6.32. The molecular formula is C21H16BrN3OS2. The minimum Gasteiger partial charge on any atom is -0.297 e. The maximum absolute atomic E-state index is 12.8. The van der Waals surface area contributed by atoms with Crippen molar-refractivity contribution in [1.82, 2.24) is 9.97 Å². The first-order valence-electron chi connectivity index (χ1n) is 8.59. The number of anilines is 1. The van der Waals surface area contributed by atoms with Crippen LogP contribution in [0.25, 0.3) is 21.8 Å². The van der Waals surface area contributed by atoms with Gasteiger partial charge in [0, 0.05) is 20.5 Å². The molecule has 0 atom stereocenters. The van der Waals surface area contributed by atoms with Crippen molar-refractivity contribution in [1.29, 1.82) is 0 Å². The summed E-state index contributed by atoms with van der Waals surface area (Å²) in [6.45, 7) is 3.87. The Morgan fingerprint density at radius 1 is 0.929 bits per heavy atom. The molecule has 1 amide bonds. The Kier molecular flexibility index (Phi) is 5.39. The van der Waals surface area contributed by atoms with Gasteiger partial charge in [-0.05, 0) is 26.0 Å². The van der Waals surface area contributed by atoms with Gasteiger partial charge in [0.1, 0.15) is 9.88 Å². The van der Waals surface area contributed by atoms with Crippen LogP contribution in [-0.2, 0) is 0 Å². The highest BCUT2D eigenvalue weighted by Crippen LogP contribution is 2.32. The molecule has 2 aromatic heterocycles. The minimum absolute atomic E-state index is 0.173. The van der Waals surface area contributed by atoms with E-state index in [0.29, 0.717) is 10.0 Å². The number of amides is 1. The van der Waals surface area contributed by atoms with Crippen molar-refractivity contribution in [2.24, 2.45) is 0 Å². The van der Waals surface area contributed by atoms with Crippen LogP contribution in [0.4, 0.5) is 5.13 Å². The SMILES string of the molecule is Cc1nc(-c2ccccc2)sc1C(=O)Nc1nc(-c2ccc(Br)cc2)c(C)s1. The molecule has 0 fully saturated rings. The summed E-state index contributed by atoms with van der Waals surface area (Å²) < 4.78 is 1.02. The quantitative estimate of drug-likeness (QED) is 0.367. The van der Waals surface area contributed by atoms with Crippen molar-refractivity contribution in [3.8, 4) is 21.8 Å². The summed E-state index contributed by atoms with van der Waals surface area (Å²) in [5, 5.41) is 4.37. The van der Waals surface area contributed by atoms with Gasteiger partial charge in [-0.25, -0.2) is 9.97 Å². The molecule has 2 heterocycles. The van der Waals surface area contributed by atoms with Crippen LogP contribution in [0.2, 0.25) is 0 Å². The number of halogens is 1. The van der Waals surface area contributed by atoms with Gasteiger partial charge in [-0.2, -0.15) is 0 Å². The third-order valence-electron chi connectivity index (χ3n) is 4.16. The number of rotatable bonds is 4. The summed E-state index contributed by atoms with van der Waals surface area (Å²) in [7, 11) is 0. The van der Waals surface area contributed by atoms with Crippen molar-refractivity contribution in [3.05, 3.63) is 74.5 Å². The number of aromatic nitrogens is 2. The Hall–Kier alpha value is -2.35. The van der Waals surface area contributed by atoms with Crippen LogP contribution in [0, 0.1) is 13.8 Å². The Morgan fingerprint density at radius 2 is 1.64 bits per heavy atom. The van der Waals surface area contributed by atoms with Crippen LogP contribution < -0.4 is 5.32 Å². The first kappa shape index (κ1) is 19.0. The molecule has 7 heteroatoms. The van der Waals surface area contributed by atoms with E-state index < -0.39 is 0 Å². The summed E-state index contributed by atoms with van der Waals surface area (Å²) in [5.41, 5.74) is 3.65. The molecule has 4 aromatic rings. The number of aryl methyl sites for hydroxylation is 2. The number of carbonyl (C=O) groups excluding carboxylic acids is 1. The van der Waals surface area contributed by atoms with Crippen molar-refractivity contribution in [3.63, 3.8) is 0 Å². The number of nitrogens with zero attached hydrogens (tertiary/aromatic N) is 2. The zero-order valence-electron chi connectivity index (χ0n) is 15.2. The second-order valence-corrected chi connectivity index (χ2v) is 9.30. The molecule has 0 bridgehead atoms. The lowest BCUT2D eigenvalue weighted by Crippen LogP contribution is -2.11. The average molecular weight is 470 g/mol. The highest BCUT2D eigenvalue weighted by atomic mass is 79.9. The average Bonchev–Trinajstić information content (AvgIpc) is 3.26. The smallest absolute Gasteiger partial charge is 0.269 e. The Morgan fingerprint density at radius 3 is 2.36 bits per heavy atom. The first-order chi connectivity index (χ1) is 13.5. The number of thiazole rings is 2. The van der Waals surface area contributed by atoms with Crippen LogP contribution in [0.5, 0.6) is 0 Å². The Bertz CT molecular complexity index is 1130. The van der Waals surface area contributed by atoms with E-state index in [0.717, 1.165) is 36.9 Å². The fraction of sp³-hybridized carbons (Fsp3) is 0.0952. The largest absolute Gasteiger partial charge is 0.297 e. The van der Waals surface area contributed by atoms with E-state index in [1.807, 2.05) is 68.4 Å². The highest BCUT2D eigenvalue weighted by Gasteiger charge is 2.18.